The molecular formula is C22H29N3O5S. The van der Waals surface area contributed by atoms with Crippen LogP contribution >= 0.6 is 11.3 Å². The smallest absolute Gasteiger partial charge is 0.357 e. The lowest BCUT2D eigenvalue weighted by Gasteiger charge is -2.22. The van der Waals surface area contributed by atoms with Crippen molar-refractivity contribution >= 4 is 35.0 Å². The van der Waals surface area contributed by atoms with E-state index in [1.54, 1.807) is 48.4 Å². The highest BCUT2D eigenvalue weighted by molar-refractivity contribution is 7.09. The number of hydrogen-bond acceptors (Lipinski definition) is 7. The number of hydrogen-bond donors (Lipinski definition) is 1. The number of carbonyl (C=O) groups excluding carboxylic acids is 3. The number of nitrogens with zero attached hydrogens (tertiary/aromatic N) is 2. The number of unbranched alkanes of at least 4 members (excludes halogenated alkanes) is 2. The van der Waals surface area contributed by atoms with Crippen molar-refractivity contribution in [2.45, 2.75) is 46.6 Å². The number of esters is 2. The van der Waals surface area contributed by atoms with E-state index in [4.69, 9.17) is 9.47 Å². The highest BCUT2D eigenvalue weighted by Gasteiger charge is 2.18. The fourth-order valence-corrected chi connectivity index (χ4v) is 3.54. The summed E-state index contributed by atoms with van der Waals surface area (Å²) >= 11 is 1.32. The van der Waals surface area contributed by atoms with E-state index in [2.05, 4.69) is 17.2 Å². The van der Waals surface area contributed by atoms with Gasteiger partial charge in [0.1, 0.15) is 5.01 Å². The van der Waals surface area contributed by atoms with Gasteiger partial charge in [0.2, 0.25) is 0 Å². The van der Waals surface area contributed by atoms with E-state index in [1.165, 1.54) is 11.3 Å². The summed E-state index contributed by atoms with van der Waals surface area (Å²) in [5, 5.41) is 5.16. The van der Waals surface area contributed by atoms with Crippen molar-refractivity contribution < 1.29 is 23.9 Å². The van der Waals surface area contributed by atoms with Crippen LogP contribution < -0.4 is 5.32 Å². The van der Waals surface area contributed by atoms with Gasteiger partial charge in [0, 0.05) is 17.6 Å². The Hall–Kier alpha value is -2.94. The number of ether oxygens (including phenoxy) is 2. The Morgan fingerprint density at radius 1 is 1.00 bits per heavy atom. The van der Waals surface area contributed by atoms with Gasteiger partial charge < -0.3 is 19.7 Å². The molecule has 0 unspecified atom stereocenters. The molecule has 0 bridgehead atoms. The van der Waals surface area contributed by atoms with Crippen molar-refractivity contribution in [2.75, 3.05) is 25.1 Å². The zero-order valence-corrected chi connectivity index (χ0v) is 19.0. The Bertz CT molecular complexity index is 866. The Balaban J connectivity index is 2.05. The van der Waals surface area contributed by atoms with Gasteiger partial charge in [-0.1, -0.05) is 19.8 Å². The molecule has 8 nitrogen and oxygen atoms in total. The van der Waals surface area contributed by atoms with Gasteiger partial charge >= 0.3 is 18.0 Å². The van der Waals surface area contributed by atoms with Crippen molar-refractivity contribution in [2.24, 2.45) is 0 Å². The van der Waals surface area contributed by atoms with Crippen molar-refractivity contribution in [1.29, 1.82) is 0 Å². The van der Waals surface area contributed by atoms with Crippen molar-refractivity contribution in [3.8, 4) is 0 Å². The monoisotopic (exact) mass is 447 g/mol. The Morgan fingerprint density at radius 2 is 1.68 bits per heavy atom. The topological polar surface area (TPSA) is 97.8 Å². The second kappa shape index (κ2) is 12.7. The average molecular weight is 448 g/mol. The highest BCUT2D eigenvalue weighted by Crippen LogP contribution is 2.17. The quantitative estimate of drug-likeness (QED) is 0.395. The number of anilines is 1. The van der Waals surface area contributed by atoms with Gasteiger partial charge in [-0.2, -0.15) is 0 Å². The number of aromatic nitrogens is 1. The van der Waals surface area contributed by atoms with Gasteiger partial charge in [-0.05, 0) is 44.5 Å². The predicted octanol–water partition coefficient (Wildman–Crippen LogP) is 4.72. The summed E-state index contributed by atoms with van der Waals surface area (Å²) in [6.45, 7) is 7.03. The van der Waals surface area contributed by atoms with E-state index in [0.717, 1.165) is 19.3 Å². The maximum absolute atomic E-state index is 12.9. The second-order valence-electron chi connectivity index (χ2n) is 6.70. The molecule has 0 saturated carbocycles. The van der Waals surface area contributed by atoms with Crippen LogP contribution in [0.1, 0.15) is 65.9 Å². The van der Waals surface area contributed by atoms with Gasteiger partial charge in [0.25, 0.3) is 0 Å². The molecule has 0 aliphatic rings. The van der Waals surface area contributed by atoms with Crippen LogP contribution in [0.4, 0.5) is 10.5 Å². The lowest BCUT2D eigenvalue weighted by molar-refractivity contribution is 0.0513. The number of urea groups is 1. The van der Waals surface area contributed by atoms with Crippen molar-refractivity contribution in [3.05, 3.63) is 45.9 Å². The molecule has 0 aliphatic heterocycles. The third kappa shape index (κ3) is 7.67. The molecule has 0 fully saturated rings. The Morgan fingerprint density at radius 3 is 2.32 bits per heavy atom. The minimum atomic E-state index is -0.464. The average Bonchev–Trinajstić information content (AvgIpc) is 3.23. The molecule has 2 amide bonds. The minimum absolute atomic E-state index is 0.255. The van der Waals surface area contributed by atoms with E-state index >= 15 is 0 Å². The number of amides is 2. The van der Waals surface area contributed by atoms with E-state index < -0.39 is 11.9 Å². The highest BCUT2D eigenvalue weighted by atomic mass is 32.1. The van der Waals surface area contributed by atoms with Crippen LogP contribution in [0.25, 0.3) is 0 Å². The van der Waals surface area contributed by atoms with Crippen molar-refractivity contribution in [3.63, 3.8) is 0 Å². The Labute approximate surface area is 186 Å². The van der Waals surface area contributed by atoms with Gasteiger partial charge in [-0.3, -0.25) is 0 Å². The first-order chi connectivity index (χ1) is 15.0. The maximum Gasteiger partial charge on any atom is 0.357 e. The number of rotatable bonds is 11. The largest absolute Gasteiger partial charge is 0.462 e. The Kier molecular flexibility index (Phi) is 9.96. The number of carbonyl (C=O) groups is 3. The van der Waals surface area contributed by atoms with Gasteiger partial charge in [-0.25, -0.2) is 19.4 Å². The van der Waals surface area contributed by atoms with Crippen LogP contribution in [0, 0.1) is 0 Å². The zero-order chi connectivity index (χ0) is 22.6. The summed E-state index contributed by atoms with van der Waals surface area (Å²) in [4.78, 5) is 42.5. The predicted molar refractivity (Wildman–Crippen MR) is 119 cm³/mol. The zero-order valence-electron chi connectivity index (χ0n) is 18.2. The molecule has 0 radical (unpaired) electrons. The van der Waals surface area contributed by atoms with Crippen LogP contribution in [0.5, 0.6) is 0 Å². The van der Waals surface area contributed by atoms with Crippen LogP contribution in [-0.2, 0) is 16.0 Å². The first kappa shape index (κ1) is 24.3. The van der Waals surface area contributed by atoms with Gasteiger partial charge in [-0.15, -0.1) is 11.3 Å². The number of benzene rings is 1. The van der Waals surface area contributed by atoms with Crippen molar-refractivity contribution in [1.82, 2.24) is 9.88 Å². The third-order valence-corrected chi connectivity index (χ3v) is 5.16. The molecule has 0 atom stereocenters. The van der Waals surface area contributed by atoms with Crippen LogP contribution in [-0.4, -0.2) is 47.6 Å². The van der Waals surface area contributed by atoms with E-state index in [-0.39, 0.29) is 18.3 Å². The summed E-state index contributed by atoms with van der Waals surface area (Å²) in [6, 6.07) is 6.28. The normalized spacial score (nSPS) is 10.4. The molecule has 1 heterocycles. The van der Waals surface area contributed by atoms with E-state index in [9.17, 15) is 14.4 Å². The fraction of sp³-hybridized carbons (Fsp3) is 0.455. The summed E-state index contributed by atoms with van der Waals surface area (Å²) in [5.74, 6) is -0.864. The standard InChI is InChI=1S/C22H29N3O5S/c1-4-7-8-13-25(14-19-24-18(15-31-19)21(27)30-6-3)22(28)23-17-11-9-16(10-12-17)20(26)29-5-2/h9-12,15H,4-8,13-14H2,1-3H3,(H,23,28). The summed E-state index contributed by atoms with van der Waals surface area (Å²) in [6.07, 6.45) is 2.90. The van der Waals surface area contributed by atoms with E-state index in [0.29, 0.717) is 36.0 Å². The first-order valence-electron chi connectivity index (χ1n) is 10.4. The maximum atomic E-state index is 12.9. The molecule has 0 spiro atoms. The molecule has 0 saturated heterocycles. The molecular weight excluding hydrogens is 418 g/mol. The fourth-order valence-electron chi connectivity index (χ4n) is 2.76. The van der Waals surface area contributed by atoms with Crippen LogP contribution in [0.2, 0.25) is 0 Å². The molecule has 0 aliphatic carbocycles. The minimum Gasteiger partial charge on any atom is -0.462 e. The molecule has 2 rings (SSSR count). The number of nitrogens with one attached hydrogen (secondary N) is 1. The van der Waals surface area contributed by atoms with Crippen LogP contribution in [0.15, 0.2) is 29.6 Å². The second-order valence-corrected chi connectivity index (χ2v) is 7.65. The number of thiazole rings is 1. The first-order valence-corrected chi connectivity index (χ1v) is 11.3. The van der Waals surface area contributed by atoms with Gasteiger partial charge in [0.05, 0.1) is 25.3 Å². The van der Waals surface area contributed by atoms with E-state index in [1.807, 2.05) is 0 Å². The summed E-state index contributed by atoms with van der Waals surface area (Å²) in [7, 11) is 0. The molecule has 31 heavy (non-hydrogen) atoms. The molecule has 2 aromatic rings. The lowest BCUT2D eigenvalue weighted by Crippen LogP contribution is -2.35. The third-order valence-electron chi connectivity index (χ3n) is 4.33. The van der Waals surface area contributed by atoms with Crippen LogP contribution in [0.3, 0.4) is 0 Å². The molecule has 1 N–H and O–H groups in total. The molecule has 1 aromatic carbocycles. The SMILES string of the molecule is CCCCCN(Cc1nc(C(=O)OCC)cs1)C(=O)Nc1ccc(C(=O)OCC)cc1. The molecule has 168 valence electrons. The summed E-state index contributed by atoms with van der Waals surface area (Å²) in [5.41, 5.74) is 1.25. The van der Waals surface area contributed by atoms with Gasteiger partial charge in [0.15, 0.2) is 5.69 Å². The molecule has 1 aromatic heterocycles. The molecule has 9 heteroatoms. The summed E-state index contributed by atoms with van der Waals surface area (Å²) < 4.78 is 9.94. The lowest BCUT2D eigenvalue weighted by atomic mass is 10.2.